The summed E-state index contributed by atoms with van der Waals surface area (Å²) in [5, 5.41) is 18.2. The van der Waals surface area contributed by atoms with E-state index in [1.807, 2.05) is 30.3 Å². The highest BCUT2D eigenvalue weighted by atomic mass is 32.1. The lowest BCUT2D eigenvalue weighted by atomic mass is 10.2. The lowest BCUT2D eigenvalue weighted by molar-refractivity contribution is -0.385. The number of nitro benzene ring substituents is 1. The predicted octanol–water partition coefficient (Wildman–Crippen LogP) is 3.26. The molecule has 0 aliphatic heterocycles. The van der Waals surface area contributed by atoms with Gasteiger partial charge in [0.25, 0.3) is 5.69 Å². The fraction of sp³-hybridized carbons (Fsp3) is 0.0588. The molecule has 0 aliphatic carbocycles. The molecule has 2 aromatic rings. The summed E-state index contributed by atoms with van der Waals surface area (Å²) in [7, 11) is 0. The van der Waals surface area contributed by atoms with E-state index in [1.165, 1.54) is 12.3 Å². The average molecular weight is 340 g/mol. The minimum atomic E-state index is -0.419. The molecule has 122 valence electrons. The maximum atomic E-state index is 10.9. The van der Waals surface area contributed by atoms with E-state index in [-0.39, 0.29) is 5.69 Å². The predicted molar refractivity (Wildman–Crippen MR) is 99.6 cm³/mol. The molecule has 0 aliphatic rings. The molecule has 0 aromatic heterocycles. The lowest BCUT2D eigenvalue weighted by Gasteiger charge is -2.06. The number of hydrazone groups is 1. The van der Waals surface area contributed by atoms with Crippen molar-refractivity contribution < 1.29 is 4.92 Å². The van der Waals surface area contributed by atoms with E-state index in [0.29, 0.717) is 17.2 Å². The van der Waals surface area contributed by atoms with Crippen molar-refractivity contribution in [3.05, 3.63) is 81.9 Å². The average Bonchev–Trinajstić information content (AvgIpc) is 2.61. The monoisotopic (exact) mass is 340 g/mol. The van der Waals surface area contributed by atoms with Crippen molar-refractivity contribution >= 4 is 35.3 Å². The Balaban J connectivity index is 1.80. The van der Waals surface area contributed by atoms with Gasteiger partial charge in [-0.25, -0.2) is 0 Å². The van der Waals surface area contributed by atoms with Crippen molar-refractivity contribution in [2.45, 2.75) is 6.54 Å². The van der Waals surface area contributed by atoms with Crippen LogP contribution in [0.2, 0.25) is 0 Å². The van der Waals surface area contributed by atoms with Gasteiger partial charge in [-0.2, -0.15) is 5.10 Å². The molecule has 0 atom stereocenters. The summed E-state index contributed by atoms with van der Waals surface area (Å²) in [5.41, 5.74) is 4.36. The second-order valence-corrected chi connectivity index (χ2v) is 5.14. The number of allylic oxidation sites excluding steroid dienone is 1. The van der Waals surface area contributed by atoms with E-state index < -0.39 is 4.92 Å². The fourth-order valence-corrected chi connectivity index (χ4v) is 2.02. The molecule has 6 nitrogen and oxygen atoms in total. The number of rotatable bonds is 6. The van der Waals surface area contributed by atoms with Crippen LogP contribution in [0.1, 0.15) is 11.1 Å². The number of nitro groups is 1. The van der Waals surface area contributed by atoms with E-state index in [0.717, 1.165) is 5.56 Å². The van der Waals surface area contributed by atoms with Gasteiger partial charge in [-0.15, -0.1) is 0 Å². The highest BCUT2D eigenvalue weighted by molar-refractivity contribution is 7.80. The van der Waals surface area contributed by atoms with Gasteiger partial charge < -0.3 is 5.32 Å². The molecular formula is C17H16N4O2S. The van der Waals surface area contributed by atoms with Gasteiger partial charge in [0.05, 0.1) is 10.5 Å². The zero-order valence-electron chi connectivity index (χ0n) is 12.8. The van der Waals surface area contributed by atoms with Crippen LogP contribution < -0.4 is 10.7 Å². The molecule has 2 rings (SSSR count). The standard InChI is InChI=1S/C17H16N4O2S/c22-21(23)16-11-5-4-9-15(16)10-6-12-19-20-17(24)18-13-14-7-2-1-3-8-14/h1-12H,13H2,(H2,18,20,24). The summed E-state index contributed by atoms with van der Waals surface area (Å²) >= 11 is 5.10. The first kappa shape index (κ1) is 17.3. The Morgan fingerprint density at radius 1 is 1.17 bits per heavy atom. The molecule has 0 heterocycles. The molecule has 0 saturated heterocycles. The van der Waals surface area contributed by atoms with Crippen LogP contribution in [0.25, 0.3) is 6.08 Å². The summed E-state index contributed by atoms with van der Waals surface area (Å²) in [6, 6.07) is 16.3. The molecule has 24 heavy (non-hydrogen) atoms. The Labute approximate surface area is 145 Å². The number of hydrogen-bond donors (Lipinski definition) is 2. The van der Waals surface area contributed by atoms with Crippen molar-refractivity contribution in [3.63, 3.8) is 0 Å². The normalized spacial score (nSPS) is 10.8. The molecule has 0 radical (unpaired) electrons. The van der Waals surface area contributed by atoms with Gasteiger partial charge in [-0.3, -0.25) is 15.5 Å². The summed E-state index contributed by atoms with van der Waals surface area (Å²) in [5.74, 6) is 0. The zero-order valence-corrected chi connectivity index (χ0v) is 13.6. The van der Waals surface area contributed by atoms with Gasteiger partial charge in [0.2, 0.25) is 0 Å². The van der Waals surface area contributed by atoms with Gasteiger partial charge in [-0.1, -0.05) is 42.5 Å². The topological polar surface area (TPSA) is 79.6 Å². The van der Waals surface area contributed by atoms with Crippen LogP contribution in [0, 0.1) is 10.1 Å². The third-order valence-electron chi connectivity index (χ3n) is 3.03. The molecule has 0 saturated carbocycles. The van der Waals surface area contributed by atoms with E-state index in [2.05, 4.69) is 15.8 Å². The van der Waals surface area contributed by atoms with Crippen LogP contribution in [0.3, 0.4) is 0 Å². The highest BCUT2D eigenvalue weighted by Gasteiger charge is 2.08. The van der Waals surface area contributed by atoms with E-state index >= 15 is 0 Å². The molecule has 0 amide bonds. The Kier molecular flexibility index (Phi) is 6.60. The van der Waals surface area contributed by atoms with Crippen LogP contribution in [-0.4, -0.2) is 16.3 Å². The molecule has 0 unspecified atom stereocenters. The maximum Gasteiger partial charge on any atom is 0.276 e. The highest BCUT2D eigenvalue weighted by Crippen LogP contribution is 2.18. The van der Waals surface area contributed by atoms with Crippen LogP contribution in [0.4, 0.5) is 5.69 Å². The van der Waals surface area contributed by atoms with Crippen molar-refractivity contribution in [2.75, 3.05) is 0 Å². The van der Waals surface area contributed by atoms with Crippen LogP contribution in [0.5, 0.6) is 0 Å². The summed E-state index contributed by atoms with van der Waals surface area (Å²) in [6.07, 6.45) is 4.70. The third-order valence-corrected chi connectivity index (χ3v) is 3.27. The van der Waals surface area contributed by atoms with Crippen molar-refractivity contribution in [1.29, 1.82) is 0 Å². The number of benzene rings is 2. The van der Waals surface area contributed by atoms with Gasteiger partial charge >= 0.3 is 0 Å². The van der Waals surface area contributed by atoms with Crippen LogP contribution >= 0.6 is 12.2 Å². The maximum absolute atomic E-state index is 10.9. The largest absolute Gasteiger partial charge is 0.357 e. The number of nitrogens with one attached hydrogen (secondary N) is 2. The first-order valence-corrected chi connectivity index (χ1v) is 7.58. The second kappa shape index (κ2) is 9.16. The molecule has 2 N–H and O–H groups in total. The third kappa shape index (κ3) is 5.62. The Bertz CT molecular complexity index is 760. The van der Waals surface area contributed by atoms with E-state index in [9.17, 15) is 10.1 Å². The van der Waals surface area contributed by atoms with Gasteiger partial charge in [-0.05, 0) is 36.0 Å². The summed E-state index contributed by atoms with van der Waals surface area (Å²) in [4.78, 5) is 10.5. The number of para-hydroxylation sites is 1. The second-order valence-electron chi connectivity index (χ2n) is 4.73. The first-order valence-electron chi connectivity index (χ1n) is 7.18. The lowest BCUT2D eigenvalue weighted by Crippen LogP contribution is -2.31. The zero-order chi connectivity index (χ0) is 17.2. The number of hydrogen-bond acceptors (Lipinski definition) is 4. The van der Waals surface area contributed by atoms with Gasteiger partial charge in [0.1, 0.15) is 0 Å². The van der Waals surface area contributed by atoms with E-state index in [4.69, 9.17) is 12.2 Å². The first-order chi connectivity index (χ1) is 11.7. The number of nitrogens with zero attached hydrogens (tertiary/aromatic N) is 2. The molecule has 0 fully saturated rings. The number of thiocarbonyl (C=S) groups is 1. The van der Waals surface area contributed by atoms with Crippen molar-refractivity contribution in [3.8, 4) is 0 Å². The molecular weight excluding hydrogens is 324 g/mol. The molecule has 0 bridgehead atoms. The summed E-state index contributed by atoms with van der Waals surface area (Å²) < 4.78 is 0. The molecule has 2 aromatic carbocycles. The van der Waals surface area contributed by atoms with Gasteiger partial charge in [0.15, 0.2) is 5.11 Å². The fourth-order valence-electron chi connectivity index (χ4n) is 1.90. The Hall–Kier alpha value is -3.06. The summed E-state index contributed by atoms with van der Waals surface area (Å²) in [6.45, 7) is 0.605. The Morgan fingerprint density at radius 2 is 1.88 bits per heavy atom. The minimum Gasteiger partial charge on any atom is -0.357 e. The van der Waals surface area contributed by atoms with Crippen LogP contribution in [-0.2, 0) is 6.54 Å². The molecule has 7 heteroatoms. The minimum absolute atomic E-state index is 0.0511. The SMILES string of the molecule is O=[N+]([O-])c1ccccc1C=CC=NNC(=S)NCc1ccccc1. The van der Waals surface area contributed by atoms with Crippen molar-refractivity contribution in [1.82, 2.24) is 10.7 Å². The molecule has 0 spiro atoms. The van der Waals surface area contributed by atoms with Crippen LogP contribution in [0.15, 0.2) is 65.8 Å². The Morgan fingerprint density at radius 3 is 2.62 bits per heavy atom. The van der Waals surface area contributed by atoms with E-state index in [1.54, 1.807) is 30.4 Å². The van der Waals surface area contributed by atoms with Gasteiger partial charge in [0, 0.05) is 18.8 Å². The van der Waals surface area contributed by atoms with Crippen molar-refractivity contribution in [2.24, 2.45) is 5.10 Å². The smallest absolute Gasteiger partial charge is 0.276 e. The quantitative estimate of drug-likeness (QED) is 0.365.